The van der Waals surface area contributed by atoms with Gasteiger partial charge in [-0.25, -0.2) is 0 Å². The molecule has 0 aromatic heterocycles. The van der Waals surface area contributed by atoms with Crippen molar-refractivity contribution >= 4 is 5.97 Å². The molecule has 106 valence electrons. The standard InChI is InChI=1S/C16H24O3/c1-6-19-15-11(2)9-13(16(3,4)5)10-12(15)7-8-14(17)18/h9-10H,6-8H2,1-5H3,(H,17,18). The van der Waals surface area contributed by atoms with Crippen molar-refractivity contribution in [3.63, 3.8) is 0 Å². The summed E-state index contributed by atoms with van der Waals surface area (Å²) in [5.41, 5.74) is 3.34. The summed E-state index contributed by atoms with van der Waals surface area (Å²) in [6.45, 7) is 11.0. The highest BCUT2D eigenvalue weighted by atomic mass is 16.5. The number of carbonyl (C=O) groups is 1. The first-order valence-electron chi connectivity index (χ1n) is 6.74. The summed E-state index contributed by atoms with van der Waals surface area (Å²) in [4.78, 5) is 10.8. The molecule has 0 aliphatic rings. The molecular weight excluding hydrogens is 240 g/mol. The van der Waals surface area contributed by atoms with E-state index in [4.69, 9.17) is 9.84 Å². The smallest absolute Gasteiger partial charge is 0.303 e. The maximum atomic E-state index is 10.8. The number of carboxylic acids is 1. The van der Waals surface area contributed by atoms with Crippen LogP contribution in [0, 0.1) is 6.92 Å². The van der Waals surface area contributed by atoms with E-state index in [1.807, 2.05) is 13.8 Å². The van der Waals surface area contributed by atoms with E-state index < -0.39 is 5.97 Å². The number of hydrogen-bond acceptors (Lipinski definition) is 2. The third kappa shape index (κ3) is 4.27. The summed E-state index contributed by atoms with van der Waals surface area (Å²) in [7, 11) is 0. The number of carboxylic acid groups (broad SMARTS) is 1. The number of aryl methyl sites for hydroxylation is 2. The third-order valence-electron chi connectivity index (χ3n) is 3.11. The second-order valence-corrected chi connectivity index (χ2v) is 5.86. The minimum Gasteiger partial charge on any atom is -0.493 e. The van der Waals surface area contributed by atoms with Crippen LogP contribution >= 0.6 is 0 Å². The summed E-state index contributed by atoms with van der Waals surface area (Å²) in [5.74, 6) is 0.0676. The molecule has 0 saturated heterocycles. The average Bonchev–Trinajstić information content (AvgIpc) is 2.28. The number of aliphatic carboxylic acids is 1. The van der Waals surface area contributed by atoms with Crippen LogP contribution in [0.5, 0.6) is 5.75 Å². The molecule has 3 heteroatoms. The van der Waals surface area contributed by atoms with Gasteiger partial charge in [-0.2, -0.15) is 0 Å². The zero-order valence-corrected chi connectivity index (χ0v) is 12.5. The molecule has 0 atom stereocenters. The first-order valence-corrected chi connectivity index (χ1v) is 6.74. The Bertz CT molecular complexity index is 456. The molecule has 3 nitrogen and oxygen atoms in total. The van der Waals surface area contributed by atoms with E-state index in [9.17, 15) is 4.79 Å². The largest absolute Gasteiger partial charge is 0.493 e. The van der Waals surface area contributed by atoms with Crippen molar-refractivity contribution in [1.82, 2.24) is 0 Å². The highest BCUT2D eigenvalue weighted by molar-refractivity contribution is 5.67. The van der Waals surface area contributed by atoms with Crippen LogP contribution in [-0.2, 0) is 16.6 Å². The van der Waals surface area contributed by atoms with Gasteiger partial charge >= 0.3 is 5.97 Å². The maximum absolute atomic E-state index is 10.8. The van der Waals surface area contributed by atoms with Crippen LogP contribution in [0.15, 0.2) is 12.1 Å². The molecule has 1 aromatic carbocycles. The molecule has 19 heavy (non-hydrogen) atoms. The van der Waals surface area contributed by atoms with Crippen molar-refractivity contribution in [3.05, 3.63) is 28.8 Å². The fraction of sp³-hybridized carbons (Fsp3) is 0.562. The second-order valence-electron chi connectivity index (χ2n) is 5.86. The third-order valence-corrected chi connectivity index (χ3v) is 3.11. The van der Waals surface area contributed by atoms with E-state index in [1.165, 1.54) is 5.56 Å². The lowest BCUT2D eigenvalue weighted by atomic mass is 9.84. The number of benzene rings is 1. The van der Waals surface area contributed by atoms with Crippen molar-refractivity contribution in [2.24, 2.45) is 0 Å². The van der Waals surface area contributed by atoms with Gasteiger partial charge in [0.1, 0.15) is 5.75 Å². The minimum absolute atomic E-state index is 0.0491. The van der Waals surface area contributed by atoms with Crippen molar-refractivity contribution < 1.29 is 14.6 Å². The molecule has 0 aliphatic carbocycles. The summed E-state index contributed by atoms with van der Waals surface area (Å²) in [6.07, 6.45) is 0.641. The molecule has 0 unspecified atom stereocenters. The molecule has 0 fully saturated rings. The lowest BCUT2D eigenvalue weighted by molar-refractivity contribution is -0.136. The normalized spacial score (nSPS) is 11.4. The number of rotatable bonds is 5. The molecule has 0 spiro atoms. The van der Waals surface area contributed by atoms with Crippen LogP contribution in [0.2, 0.25) is 0 Å². The van der Waals surface area contributed by atoms with E-state index >= 15 is 0 Å². The molecule has 1 aromatic rings. The molecule has 0 saturated carbocycles. The first kappa shape index (κ1) is 15.5. The van der Waals surface area contributed by atoms with Crippen LogP contribution in [-0.4, -0.2) is 17.7 Å². The summed E-state index contributed by atoms with van der Waals surface area (Å²) >= 11 is 0. The van der Waals surface area contributed by atoms with Crippen molar-refractivity contribution in [2.75, 3.05) is 6.61 Å². The van der Waals surface area contributed by atoms with Crippen molar-refractivity contribution in [1.29, 1.82) is 0 Å². The van der Waals surface area contributed by atoms with Crippen LogP contribution < -0.4 is 4.74 Å². The van der Waals surface area contributed by atoms with Gasteiger partial charge in [0.2, 0.25) is 0 Å². The first-order chi connectivity index (χ1) is 8.75. The summed E-state index contributed by atoms with van der Waals surface area (Å²) < 4.78 is 5.67. The second kappa shape index (κ2) is 6.09. The van der Waals surface area contributed by atoms with Gasteiger partial charge in [-0.3, -0.25) is 4.79 Å². The van der Waals surface area contributed by atoms with E-state index in [0.717, 1.165) is 16.9 Å². The fourth-order valence-electron chi connectivity index (χ4n) is 2.06. The van der Waals surface area contributed by atoms with E-state index in [2.05, 4.69) is 32.9 Å². The summed E-state index contributed by atoms with van der Waals surface area (Å²) in [6, 6.07) is 4.22. The lowest BCUT2D eigenvalue weighted by Gasteiger charge is -2.23. The van der Waals surface area contributed by atoms with Gasteiger partial charge in [-0.15, -0.1) is 0 Å². The van der Waals surface area contributed by atoms with E-state index in [0.29, 0.717) is 13.0 Å². The number of hydrogen-bond donors (Lipinski definition) is 1. The Morgan fingerprint density at radius 1 is 1.32 bits per heavy atom. The Balaban J connectivity index is 3.20. The predicted octanol–water partition coefficient (Wildman–Crippen LogP) is 3.71. The summed E-state index contributed by atoms with van der Waals surface area (Å²) in [5, 5.41) is 8.85. The molecule has 1 N–H and O–H groups in total. The van der Waals surface area contributed by atoms with Gasteiger partial charge in [0.25, 0.3) is 0 Å². The lowest BCUT2D eigenvalue weighted by Crippen LogP contribution is -2.13. The zero-order chi connectivity index (χ0) is 14.6. The highest BCUT2D eigenvalue weighted by Gasteiger charge is 2.18. The van der Waals surface area contributed by atoms with Gasteiger partial charge in [0, 0.05) is 6.42 Å². The van der Waals surface area contributed by atoms with E-state index in [-0.39, 0.29) is 11.8 Å². The molecule has 0 amide bonds. The Hall–Kier alpha value is -1.51. The Morgan fingerprint density at radius 3 is 2.42 bits per heavy atom. The van der Waals surface area contributed by atoms with E-state index in [1.54, 1.807) is 0 Å². The molecular formula is C16H24O3. The maximum Gasteiger partial charge on any atom is 0.303 e. The number of ether oxygens (including phenoxy) is 1. The van der Waals surface area contributed by atoms with Crippen molar-refractivity contribution in [2.45, 2.75) is 52.9 Å². The van der Waals surface area contributed by atoms with Gasteiger partial charge in [-0.05, 0) is 42.4 Å². The molecule has 1 rings (SSSR count). The van der Waals surface area contributed by atoms with Crippen LogP contribution in [0.4, 0.5) is 0 Å². The van der Waals surface area contributed by atoms with Crippen LogP contribution in [0.25, 0.3) is 0 Å². The van der Waals surface area contributed by atoms with Gasteiger partial charge in [0.05, 0.1) is 6.61 Å². The fourth-order valence-corrected chi connectivity index (χ4v) is 2.06. The average molecular weight is 264 g/mol. The molecule has 0 aliphatic heterocycles. The molecule has 0 heterocycles. The topological polar surface area (TPSA) is 46.5 Å². The highest BCUT2D eigenvalue weighted by Crippen LogP contribution is 2.32. The van der Waals surface area contributed by atoms with Crippen LogP contribution in [0.1, 0.15) is 50.8 Å². The SMILES string of the molecule is CCOc1c(C)cc(C(C)(C)C)cc1CCC(=O)O. The monoisotopic (exact) mass is 264 g/mol. The van der Waals surface area contributed by atoms with Crippen molar-refractivity contribution in [3.8, 4) is 5.75 Å². The molecule has 0 bridgehead atoms. The Morgan fingerprint density at radius 2 is 1.95 bits per heavy atom. The zero-order valence-electron chi connectivity index (χ0n) is 12.5. The Kier molecular flexibility index (Phi) is 4.98. The molecule has 0 radical (unpaired) electrons. The minimum atomic E-state index is -0.777. The van der Waals surface area contributed by atoms with Gasteiger partial charge in [0.15, 0.2) is 0 Å². The van der Waals surface area contributed by atoms with Gasteiger partial charge < -0.3 is 9.84 Å². The van der Waals surface area contributed by atoms with Crippen LogP contribution in [0.3, 0.4) is 0 Å². The predicted molar refractivity (Wildman–Crippen MR) is 77.0 cm³/mol. The van der Waals surface area contributed by atoms with Gasteiger partial charge in [-0.1, -0.05) is 32.9 Å². The quantitative estimate of drug-likeness (QED) is 0.882. The Labute approximate surface area is 115 Å².